The first-order valence-corrected chi connectivity index (χ1v) is 9.04. The van der Waals surface area contributed by atoms with Crippen molar-refractivity contribution in [2.24, 2.45) is 10.9 Å². The summed E-state index contributed by atoms with van der Waals surface area (Å²) in [5, 5.41) is 3.26. The first kappa shape index (κ1) is 18.5. The molecular formula is C17H30N4O3. The summed E-state index contributed by atoms with van der Waals surface area (Å²) in [6.45, 7) is 6.19. The van der Waals surface area contributed by atoms with Crippen molar-refractivity contribution >= 4 is 17.8 Å². The van der Waals surface area contributed by atoms with Gasteiger partial charge in [0.25, 0.3) is 0 Å². The number of methoxy groups -OCH3 is 1. The quantitative estimate of drug-likeness (QED) is 0.467. The average Bonchev–Trinajstić information content (AvgIpc) is 2.65. The Kier molecular flexibility index (Phi) is 7.34. The number of rotatable bonds is 4. The van der Waals surface area contributed by atoms with E-state index in [9.17, 15) is 9.59 Å². The Balaban J connectivity index is 1.88. The second-order valence-electron chi connectivity index (χ2n) is 6.40. The molecule has 0 aromatic heterocycles. The standard InChI is InChI=1S/C17H30N4O3/c1-3-18-17(19-13-15(22)20-9-5-4-6-10-20)21-11-7-14(8-12-21)16(23)24-2/h14H,3-13H2,1-2H3,(H,18,19). The Morgan fingerprint density at radius 2 is 1.75 bits per heavy atom. The first-order valence-electron chi connectivity index (χ1n) is 9.04. The predicted molar refractivity (Wildman–Crippen MR) is 92.7 cm³/mol. The minimum Gasteiger partial charge on any atom is -0.469 e. The number of esters is 1. The van der Waals surface area contributed by atoms with Crippen molar-refractivity contribution in [3.63, 3.8) is 0 Å². The van der Waals surface area contributed by atoms with E-state index in [-0.39, 0.29) is 24.3 Å². The van der Waals surface area contributed by atoms with Crippen molar-refractivity contribution in [2.75, 3.05) is 46.4 Å². The van der Waals surface area contributed by atoms with E-state index in [0.29, 0.717) is 0 Å². The minimum atomic E-state index is -0.128. The van der Waals surface area contributed by atoms with Crippen LogP contribution in [0.4, 0.5) is 0 Å². The van der Waals surface area contributed by atoms with Crippen LogP contribution in [0.1, 0.15) is 39.0 Å². The molecule has 1 N–H and O–H groups in total. The fourth-order valence-corrected chi connectivity index (χ4v) is 3.31. The van der Waals surface area contributed by atoms with Crippen molar-refractivity contribution in [2.45, 2.75) is 39.0 Å². The third-order valence-electron chi connectivity index (χ3n) is 4.74. The van der Waals surface area contributed by atoms with Gasteiger partial charge in [0.2, 0.25) is 5.91 Å². The van der Waals surface area contributed by atoms with Crippen LogP contribution in [0.2, 0.25) is 0 Å². The lowest BCUT2D eigenvalue weighted by Gasteiger charge is -2.33. The molecule has 0 unspecified atom stereocenters. The number of nitrogens with one attached hydrogen (secondary N) is 1. The van der Waals surface area contributed by atoms with Gasteiger partial charge in [-0.2, -0.15) is 0 Å². The van der Waals surface area contributed by atoms with Crippen LogP contribution in [0.25, 0.3) is 0 Å². The molecule has 2 heterocycles. The van der Waals surface area contributed by atoms with Gasteiger partial charge in [-0.3, -0.25) is 9.59 Å². The van der Waals surface area contributed by atoms with E-state index >= 15 is 0 Å². The van der Waals surface area contributed by atoms with Gasteiger partial charge in [0.1, 0.15) is 6.54 Å². The number of aliphatic imine (C=N–C) groups is 1. The summed E-state index contributed by atoms with van der Waals surface area (Å²) in [5.41, 5.74) is 0. The van der Waals surface area contributed by atoms with Crippen LogP contribution in [-0.4, -0.2) is 74.0 Å². The van der Waals surface area contributed by atoms with Crippen LogP contribution in [0.15, 0.2) is 4.99 Å². The van der Waals surface area contributed by atoms with Gasteiger partial charge < -0.3 is 19.9 Å². The molecule has 2 rings (SSSR count). The van der Waals surface area contributed by atoms with Gasteiger partial charge in [0, 0.05) is 32.7 Å². The zero-order chi connectivity index (χ0) is 17.4. The summed E-state index contributed by atoms with van der Waals surface area (Å²) in [6.07, 6.45) is 4.92. The number of nitrogens with zero attached hydrogens (tertiary/aromatic N) is 3. The van der Waals surface area contributed by atoms with Crippen molar-refractivity contribution in [3.05, 3.63) is 0 Å². The number of likely N-dealkylation sites (tertiary alicyclic amines) is 2. The number of hydrogen-bond donors (Lipinski definition) is 1. The first-order chi connectivity index (χ1) is 11.7. The Labute approximate surface area is 144 Å². The lowest BCUT2D eigenvalue weighted by Crippen LogP contribution is -2.47. The molecule has 2 saturated heterocycles. The van der Waals surface area contributed by atoms with Crippen LogP contribution in [0.3, 0.4) is 0 Å². The highest BCUT2D eigenvalue weighted by Gasteiger charge is 2.27. The summed E-state index contributed by atoms with van der Waals surface area (Å²) < 4.78 is 4.83. The number of hydrogen-bond acceptors (Lipinski definition) is 4. The third-order valence-corrected chi connectivity index (χ3v) is 4.74. The zero-order valence-electron chi connectivity index (χ0n) is 14.9. The summed E-state index contributed by atoms with van der Waals surface area (Å²) >= 11 is 0. The molecule has 0 bridgehead atoms. The molecule has 136 valence electrons. The molecule has 0 aliphatic carbocycles. The maximum Gasteiger partial charge on any atom is 0.308 e. The molecule has 0 aromatic carbocycles. The Morgan fingerprint density at radius 1 is 1.08 bits per heavy atom. The molecule has 0 atom stereocenters. The molecule has 24 heavy (non-hydrogen) atoms. The van der Waals surface area contributed by atoms with Gasteiger partial charge in [0.15, 0.2) is 5.96 Å². The summed E-state index contributed by atoms with van der Waals surface area (Å²) in [7, 11) is 1.44. The Morgan fingerprint density at radius 3 is 2.33 bits per heavy atom. The van der Waals surface area contributed by atoms with Gasteiger partial charge in [0.05, 0.1) is 13.0 Å². The lowest BCUT2D eigenvalue weighted by atomic mass is 9.97. The van der Waals surface area contributed by atoms with Crippen molar-refractivity contribution in [1.29, 1.82) is 0 Å². The maximum atomic E-state index is 12.3. The van der Waals surface area contributed by atoms with Crippen LogP contribution in [0.5, 0.6) is 0 Å². The molecule has 2 fully saturated rings. The normalized spacial score (nSPS) is 20.0. The Hall–Kier alpha value is -1.79. The second-order valence-corrected chi connectivity index (χ2v) is 6.40. The minimum absolute atomic E-state index is 0.0240. The van der Waals surface area contributed by atoms with E-state index in [1.165, 1.54) is 13.5 Å². The molecule has 7 nitrogen and oxygen atoms in total. The smallest absolute Gasteiger partial charge is 0.308 e. The van der Waals surface area contributed by atoms with Crippen molar-refractivity contribution < 1.29 is 14.3 Å². The Bertz CT molecular complexity index is 453. The van der Waals surface area contributed by atoms with Crippen LogP contribution < -0.4 is 5.32 Å². The second kappa shape index (κ2) is 9.49. The van der Waals surface area contributed by atoms with E-state index in [0.717, 1.165) is 64.4 Å². The van der Waals surface area contributed by atoms with Crippen molar-refractivity contribution in [1.82, 2.24) is 15.1 Å². The van der Waals surface area contributed by atoms with Crippen LogP contribution in [0, 0.1) is 5.92 Å². The highest BCUT2D eigenvalue weighted by molar-refractivity contribution is 5.85. The highest BCUT2D eigenvalue weighted by Crippen LogP contribution is 2.18. The number of guanidine groups is 1. The molecular weight excluding hydrogens is 308 g/mol. The van der Waals surface area contributed by atoms with Gasteiger partial charge >= 0.3 is 5.97 Å². The van der Waals surface area contributed by atoms with E-state index in [2.05, 4.69) is 15.2 Å². The van der Waals surface area contributed by atoms with Crippen molar-refractivity contribution in [3.8, 4) is 0 Å². The van der Waals surface area contributed by atoms with E-state index < -0.39 is 0 Å². The van der Waals surface area contributed by atoms with Gasteiger partial charge in [-0.05, 0) is 39.0 Å². The number of piperidine rings is 2. The van der Waals surface area contributed by atoms with Gasteiger partial charge in [-0.25, -0.2) is 4.99 Å². The van der Waals surface area contributed by atoms with E-state index in [1.807, 2.05) is 11.8 Å². The molecule has 7 heteroatoms. The molecule has 0 aromatic rings. The molecule has 1 amide bonds. The predicted octanol–water partition coefficient (Wildman–Crippen LogP) is 0.849. The molecule has 0 radical (unpaired) electrons. The molecule has 0 spiro atoms. The third kappa shape index (κ3) is 5.11. The maximum absolute atomic E-state index is 12.3. The summed E-state index contributed by atoms with van der Waals surface area (Å²) in [4.78, 5) is 32.5. The summed E-state index contributed by atoms with van der Waals surface area (Å²) in [5.74, 6) is 0.724. The molecule has 2 aliphatic heterocycles. The molecule has 2 aliphatic rings. The zero-order valence-corrected chi connectivity index (χ0v) is 14.9. The fraction of sp³-hybridized carbons (Fsp3) is 0.824. The van der Waals surface area contributed by atoms with E-state index in [1.54, 1.807) is 0 Å². The van der Waals surface area contributed by atoms with Gasteiger partial charge in [-0.15, -0.1) is 0 Å². The number of ether oxygens (including phenoxy) is 1. The lowest BCUT2D eigenvalue weighted by molar-refractivity contribution is -0.146. The topological polar surface area (TPSA) is 74.2 Å². The molecule has 0 saturated carbocycles. The largest absolute Gasteiger partial charge is 0.469 e. The van der Waals surface area contributed by atoms with Gasteiger partial charge in [-0.1, -0.05) is 0 Å². The number of carbonyl (C=O) groups excluding carboxylic acids is 2. The SMILES string of the molecule is CCNC(=NCC(=O)N1CCCCC1)N1CCC(C(=O)OC)CC1. The van der Waals surface area contributed by atoms with Crippen LogP contribution in [-0.2, 0) is 14.3 Å². The number of carbonyl (C=O) groups is 2. The highest BCUT2D eigenvalue weighted by atomic mass is 16.5. The van der Waals surface area contributed by atoms with Crippen LogP contribution >= 0.6 is 0 Å². The summed E-state index contributed by atoms with van der Waals surface area (Å²) in [6, 6.07) is 0. The monoisotopic (exact) mass is 338 g/mol. The van der Waals surface area contributed by atoms with E-state index in [4.69, 9.17) is 4.74 Å². The number of amides is 1. The average molecular weight is 338 g/mol. The fourth-order valence-electron chi connectivity index (χ4n) is 3.31.